The van der Waals surface area contributed by atoms with Crippen molar-refractivity contribution < 1.29 is 31.8 Å². The molecule has 2 atom stereocenters. The van der Waals surface area contributed by atoms with Gasteiger partial charge in [0.15, 0.2) is 0 Å². The molecule has 24 heavy (non-hydrogen) atoms. The van der Waals surface area contributed by atoms with Crippen LogP contribution in [0.4, 0.5) is 22.4 Å². The van der Waals surface area contributed by atoms with E-state index in [0.29, 0.717) is 0 Å². The van der Waals surface area contributed by atoms with Crippen LogP contribution >= 0.6 is 0 Å². The Morgan fingerprint density at radius 2 is 1.12 bits per heavy atom. The molecule has 0 radical (unpaired) electrons. The molecule has 132 valence electrons. The summed E-state index contributed by atoms with van der Waals surface area (Å²) in [6.07, 6.45) is 7.42. The molecule has 0 bridgehead atoms. The van der Waals surface area contributed by atoms with Gasteiger partial charge < -0.3 is 9.47 Å². The number of hydrogen-bond acceptors (Lipinski definition) is 3. The lowest BCUT2D eigenvalue weighted by Gasteiger charge is -2.35. The van der Waals surface area contributed by atoms with Gasteiger partial charge in [-0.05, 0) is 12.2 Å². The maximum atomic E-state index is 13.2. The molecule has 0 saturated heterocycles. The van der Waals surface area contributed by atoms with Gasteiger partial charge in [0.2, 0.25) is 0 Å². The number of hydrogen-bond donors (Lipinski definition) is 0. The third kappa shape index (κ3) is 3.39. The van der Waals surface area contributed by atoms with Crippen molar-refractivity contribution in [3.8, 4) is 0 Å². The van der Waals surface area contributed by atoms with Crippen LogP contribution in [-0.4, -0.2) is 45.1 Å². The summed E-state index contributed by atoms with van der Waals surface area (Å²) in [7, 11) is 0. The predicted molar refractivity (Wildman–Crippen MR) is 80.5 cm³/mol. The van der Waals surface area contributed by atoms with Crippen LogP contribution in [0, 0.1) is 10.8 Å². The van der Waals surface area contributed by atoms with Crippen LogP contribution in [0.3, 0.4) is 0 Å². The third-order valence-corrected chi connectivity index (χ3v) is 4.23. The first-order valence-electron chi connectivity index (χ1n) is 7.39. The number of halogens is 4. The molecule has 2 aliphatic rings. The fraction of sp³-hybridized carbons (Fsp3) is 0.471. The van der Waals surface area contributed by atoms with Crippen LogP contribution in [-0.2, 0) is 9.47 Å². The Bertz CT molecular complexity index is 512. The van der Waals surface area contributed by atoms with E-state index in [-0.39, 0.29) is 0 Å². The Hall–Kier alpha value is -2.05. The molecule has 0 aromatic rings. The second-order valence-corrected chi connectivity index (χ2v) is 5.82. The van der Waals surface area contributed by atoms with Gasteiger partial charge in [-0.3, -0.25) is 0 Å². The molecular weight excluding hydrogens is 328 g/mol. The highest BCUT2D eigenvalue weighted by molar-refractivity contribution is 5.61. The van der Waals surface area contributed by atoms with Crippen LogP contribution in [0.1, 0.15) is 0 Å². The zero-order valence-electron chi connectivity index (χ0n) is 12.8. The molecule has 0 aromatic carbocycles. The van der Waals surface area contributed by atoms with Crippen LogP contribution < -0.4 is 0 Å². The lowest BCUT2D eigenvalue weighted by atomic mass is 9.81. The Labute approximate surface area is 137 Å². The van der Waals surface area contributed by atoms with Gasteiger partial charge in [0.05, 0.1) is 10.8 Å². The molecule has 2 rings (SSSR count). The summed E-state index contributed by atoms with van der Waals surface area (Å²) >= 11 is 0. The maximum Gasteiger partial charge on any atom is 0.509 e. The van der Waals surface area contributed by atoms with Crippen molar-refractivity contribution in [2.45, 2.75) is 12.2 Å². The van der Waals surface area contributed by atoms with Crippen molar-refractivity contribution in [1.29, 1.82) is 0 Å². The lowest BCUT2D eigenvalue weighted by Crippen LogP contribution is -2.44. The summed E-state index contributed by atoms with van der Waals surface area (Å²) in [5.74, 6) is 0. The SMILES string of the molecule is O=C(OC1C=CC=CC1(CF)CF)OC1C=CC=CC1(CF)CF. The molecule has 2 aliphatic carbocycles. The van der Waals surface area contributed by atoms with E-state index >= 15 is 0 Å². The molecule has 0 heterocycles. The molecule has 0 fully saturated rings. The summed E-state index contributed by atoms with van der Waals surface area (Å²) in [6.45, 7) is -4.30. The van der Waals surface area contributed by atoms with Crippen LogP contribution in [0.15, 0.2) is 48.6 Å². The molecule has 7 heteroatoms. The van der Waals surface area contributed by atoms with Gasteiger partial charge in [-0.1, -0.05) is 36.5 Å². The van der Waals surface area contributed by atoms with Gasteiger partial charge >= 0.3 is 6.16 Å². The largest absolute Gasteiger partial charge is 0.509 e. The molecular formula is C17H18F4O3. The van der Waals surface area contributed by atoms with Gasteiger partial charge in [0.25, 0.3) is 0 Å². The van der Waals surface area contributed by atoms with Gasteiger partial charge in [-0.25, -0.2) is 22.4 Å². The monoisotopic (exact) mass is 346 g/mol. The minimum absolute atomic E-state index is 1.08. The minimum atomic E-state index is -1.62. The average Bonchev–Trinajstić information content (AvgIpc) is 2.63. The van der Waals surface area contributed by atoms with Crippen molar-refractivity contribution in [2.75, 3.05) is 26.7 Å². The first-order chi connectivity index (χ1) is 11.6. The summed E-state index contributed by atoms with van der Waals surface area (Å²) < 4.78 is 63.0. The molecule has 0 aromatic heterocycles. The van der Waals surface area contributed by atoms with E-state index in [2.05, 4.69) is 0 Å². The Kier molecular flexibility index (Phi) is 5.85. The second kappa shape index (κ2) is 7.68. The van der Waals surface area contributed by atoms with Gasteiger partial charge in [-0.2, -0.15) is 0 Å². The molecule has 2 unspecified atom stereocenters. The van der Waals surface area contributed by atoms with Crippen molar-refractivity contribution in [1.82, 2.24) is 0 Å². The van der Waals surface area contributed by atoms with Crippen LogP contribution in [0.2, 0.25) is 0 Å². The Morgan fingerprint density at radius 3 is 1.46 bits per heavy atom. The highest BCUT2D eigenvalue weighted by Gasteiger charge is 2.43. The topological polar surface area (TPSA) is 35.5 Å². The van der Waals surface area contributed by atoms with E-state index in [9.17, 15) is 22.4 Å². The summed E-state index contributed by atoms with van der Waals surface area (Å²) in [5, 5.41) is 0. The highest BCUT2D eigenvalue weighted by Crippen LogP contribution is 2.34. The highest BCUT2D eigenvalue weighted by atomic mass is 19.1. The normalized spacial score (nSPS) is 26.3. The van der Waals surface area contributed by atoms with E-state index < -0.39 is 55.9 Å². The molecule has 0 spiro atoms. The second-order valence-electron chi connectivity index (χ2n) is 5.82. The fourth-order valence-electron chi connectivity index (χ4n) is 2.50. The Morgan fingerprint density at radius 1 is 0.750 bits per heavy atom. The molecule has 3 nitrogen and oxygen atoms in total. The Balaban J connectivity index is 2.07. The van der Waals surface area contributed by atoms with Gasteiger partial charge in [0, 0.05) is 0 Å². The predicted octanol–water partition coefficient (Wildman–Crippen LogP) is 3.98. The number of allylic oxidation sites excluding steroid dienone is 4. The number of rotatable bonds is 6. The van der Waals surface area contributed by atoms with Gasteiger partial charge in [-0.15, -0.1) is 0 Å². The van der Waals surface area contributed by atoms with E-state index in [1.807, 2.05) is 0 Å². The molecule has 0 aliphatic heterocycles. The summed E-state index contributed by atoms with van der Waals surface area (Å²) in [4.78, 5) is 12.0. The number of ether oxygens (including phenoxy) is 2. The van der Waals surface area contributed by atoms with Crippen molar-refractivity contribution in [2.24, 2.45) is 10.8 Å². The first-order valence-corrected chi connectivity index (χ1v) is 7.39. The van der Waals surface area contributed by atoms with E-state index in [1.165, 1.54) is 48.6 Å². The van der Waals surface area contributed by atoms with E-state index in [4.69, 9.17) is 9.47 Å². The number of alkyl halides is 4. The van der Waals surface area contributed by atoms with E-state index in [0.717, 1.165) is 0 Å². The number of carbonyl (C=O) groups is 1. The molecule has 0 N–H and O–H groups in total. The number of carbonyl (C=O) groups excluding carboxylic acids is 1. The minimum Gasteiger partial charge on any atom is -0.426 e. The van der Waals surface area contributed by atoms with Gasteiger partial charge in [0.1, 0.15) is 38.9 Å². The summed E-state index contributed by atoms with van der Waals surface area (Å²) in [5.41, 5.74) is -3.24. The smallest absolute Gasteiger partial charge is 0.426 e. The fourth-order valence-corrected chi connectivity index (χ4v) is 2.50. The van der Waals surface area contributed by atoms with Crippen LogP contribution in [0.5, 0.6) is 0 Å². The van der Waals surface area contributed by atoms with Crippen molar-refractivity contribution in [3.05, 3.63) is 48.6 Å². The third-order valence-electron chi connectivity index (χ3n) is 4.23. The van der Waals surface area contributed by atoms with E-state index in [1.54, 1.807) is 0 Å². The van der Waals surface area contributed by atoms with Crippen molar-refractivity contribution in [3.63, 3.8) is 0 Å². The summed E-state index contributed by atoms with van der Waals surface area (Å²) in [6, 6.07) is 0. The zero-order chi connectivity index (χ0) is 17.6. The quantitative estimate of drug-likeness (QED) is 0.539. The molecule has 0 saturated carbocycles. The molecule has 0 amide bonds. The van der Waals surface area contributed by atoms with Crippen LogP contribution in [0.25, 0.3) is 0 Å². The lowest BCUT2D eigenvalue weighted by molar-refractivity contribution is -0.0456. The first kappa shape index (κ1) is 18.3. The van der Waals surface area contributed by atoms with Crippen molar-refractivity contribution >= 4 is 6.16 Å². The zero-order valence-corrected chi connectivity index (χ0v) is 12.8. The standard InChI is InChI=1S/C17H18F4O3/c18-9-16(10-19)7-3-1-5-13(16)23-15(22)24-14-6-2-4-8-17(14,11-20)12-21/h1-8,13-14H,9-12H2. The maximum absolute atomic E-state index is 13.2. The average molecular weight is 346 g/mol.